The third kappa shape index (κ3) is 2.96. The molecule has 0 N–H and O–H groups in total. The Hall–Kier alpha value is -5.54. The second-order valence-corrected chi connectivity index (χ2v) is 12.6. The molecular weight excluding hydrogens is 534 g/mol. The van der Waals surface area contributed by atoms with Crippen molar-refractivity contribution in [3.8, 4) is 50.5 Å². The highest BCUT2D eigenvalue weighted by molar-refractivity contribution is 6.20. The fourth-order valence-electron chi connectivity index (χ4n) is 7.93. The molecule has 0 atom stereocenters. The quantitative estimate of drug-likeness (QED) is 0.200. The molecule has 1 aliphatic carbocycles. The van der Waals surface area contributed by atoms with Gasteiger partial charge in [-0.05, 0) is 63.2 Å². The van der Waals surface area contributed by atoms with Crippen LogP contribution in [0, 0.1) is 0 Å². The SMILES string of the molecule is CC1(C)c2ccccc2-c2cc(-c3cccc4c3c3cccc5c3n4-c3nc4ccccc4nc3-c3ccccc3-5)ccc21. The van der Waals surface area contributed by atoms with Crippen molar-refractivity contribution >= 4 is 32.8 Å². The predicted molar refractivity (Wildman–Crippen MR) is 181 cm³/mol. The molecule has 6 aromatic carbocycles. The highest BCUT2D eigenvalue weighted by atomic mass is 15.1. The zero-order valence-corrected chi connectivity index (χ0v) is 24.5. The van der Waals surface area contributed by atoms with Crippen LogP contribution in [0.1, 0.15) is 25.0 Å². The fourth-order valence-corrected chi connectivity index (χ4v) is 7.93. The van der Waals surface area contributed by atoms with E-state index >= 15 is 0 Å². The summed E-state index contributed by atoms with van der Waals surface area (Å²) in [6.07, 6.45) is 0. The molecule has 3 heterocycles. The maximum atomic E-state index is 5.31. The van der Waals surface area contributed by atoms with Crippen LogP contribution in [-0.4, -0.2) is 14.5 Å². The van der Waals surface area contributed by atoms with Gasteiger partial charge in [-0.1, -0.05) is 117 Å². The second-order valence-electron chi connectivity index (χ2n) is 12.6. The lowest BCUT2D eigenvalue weighted by atomic mass is 9.82. The van der Waals surface area contributed by atoms with Crippen molar-refractivity contribution in [3.63, 3.8) is 0 Å². The van der Waals surface area contributed by atoms with Gasteiger partial charge < -0.3 is 0 Å². The van der Waals surface area contributed by atoms with Crippen LogP contribution in [0.3, 0.4) is 0 Å². The third-order valence-electron chi connectivity index (χ3n) is 9.94. The molecule has 3 heteroatoms. The minimum Gasteiger partial charge on any atom is -0.291 e. The van der Waals surface area contributed by atoms with E-state index in [-0.39, 0.29) is 5.41 Å². The van der Waals surface area contributed by atoms with E-state index in [1.165, 1.54) is 60.8 Å². The van der Waals surface area contributed by atoms with Crippen molar-refractivity contribution < 1.29 is 0 Å². The summed E-state index contributed by atoms with van der Waals surface area (Å²) in [6.45, 7) is 4.68. The van der Waals surface area contributed by atoms with Crippen molar-refractivity contribution in [1.29, 1.82) is 0 Å². The van der Waals surface area contributed by atoms with Gasteiger partial charge in [0.2, 0.25) is 0 Å². The number of hydrogen-bond donors (Lipinski definition) is 0. The number of nitrogens with zero attached hydrogens (tertiary/aromatic N) is 3. The summed E-state index contributed by atoms with van der Waals surface area (Å²) in [4.78, 5) is 10.6. The van der Waals surface area contributed by atoms with Gasteiger partial charge >= 0.3 is 0 Å². The van der Waals surface area contributed by atoms with Gasteiger partial charge in [0.1, 0.15) is 5.69 Å². The molecule has 0 fully saturated rings. The molecule has 206 valence electrons. The first-order chi connectivity index (χ1) is 21.6. The van der Waals surface area contributed by atoms with E-state index in [0.29, 0.717) is 0 Å². The Bertz CT molecular complexity index is 2530. The smallest absolute Gasteiger partial charge is 0.165 e. The molecule has 0 saturated carbocycles. The Morgan fingerprint density at radius 2 is 1.18 bits per heavy atom. The Kier molecular flexibility index (Phi) is 4.52. The largest absolute Gasteiger partial charge is 0.291 e. The van der Waals surface area contributed by atoms with E-state index < -0.39 is 0 Å². The summed E-state index contributed by atoms with van der Waals surface area (Å²) in [7, 11) is 0. The fraction of sp³-hybridized carbons (Fsp3) is 0.0732. The standard InChI is InChI=1S/C41H27N3/c1-41(2)32-17-6-5-12-27(32)31-23-24(21-22-33(31)41)25-14-10-20-36-37(25)30-16-9-15-29-26-11-3-4-13-28(26)38-40(44(36)39(29)30)43-35-19-8-7-18-34(35)42-38/h3-23H,1-2H3. The maximum Gasteiger partial charge on any atom is 0.165 e. The normalized spacial score (nSPS) is 13.9. The second kappa shape index (κ2) is 8.30. The molecule has 0 amide bonds. The van der Waals surface area contributed by atoms with Crippen molar-refractivity contribution in [2.75, 3.05) is 0 Å². The van der Waals surface area contributed by atoms with E-state index in [2.05, 4.69) is 134 Å². The molecule has 1 aliphatic heterocycles. The zero-order valence-electron chi connectivity index (χ0n) is 24.5. The predicted octanol–water partition coefficient (Wildman–Crippen LogP) is 10.3. The van der Waals surface area contributed by atoms with Crippen LogP contribution in [-0.2, 0) is 5.41 Å². The molecule has 0 spiro atoms. The minimum absolute atomic E-state index is 0.0169. The van der Waals surface area contributed by atoms with Crippen LogP contribution in [0.2, 0.25) is 0 Å². The van der Waals surface area contributed by atoms with Crippen LogP contribution in [0.4, 0.5) is 0 Å². The van der Waals surface area contributed by atoms with Gasteiger partial charge in [0.15, 0.2) is 5.82 Å². The molecule has 44 heavy (non-hydrogen) atoms. The Labute approximate surface area is 255 Å². The molecule has 0 saturated heterocycles. The summed E-state index contributed by atoms with van der Waals surface area (Å²) in [5, 5.41) is 2.47. The first-order valence-electron chi connectivity index (χ1n) is 15.3. The lowest BCUT2D eigenvalue weighted by Gasteiger charge is -2.21. The van der Waals surface area contributed by atoms with Crippen LogP contribution in [0.5, 0.6) is 0 Å². The first kappa shape index (κ1) is 24.0. The minimum atomic E-state index is -0.0169. The van der Waals surface area contributed by atoms with Gasteiger partial charge in [-0.2, -0.15) is 0 Å². The van der Waals surface area contributed by atoms with Gasteiger partial charge in [-0.25, -0.2) is 9.97 Å². The van der Waals surface area contributed by atoms with E-state index in [9.17, 15) is 0 Å². The number of hydrogen-bond acceptors (Lipinski definition) is 2. The van der Waals surface area contributed by atoms with Crippen LogP contribution >= 0.6 is 0 Å². The third-order valence-corrected chi connectivity index (χ3v) is 9.94. The van der Waals surface area contributed by atoms with Gasteiger partial charge in [-0.15, -0.1) is 0 Å². The van der Waals surface area contributed by atoms with Gasteiger partial charge in [0.25, 0.3) is 0 Å². The van der Waals surface area contributed by atoms with E-state index in [1.807, 2.05) is 12.1 Å². The summed E-state index contributed by atoms with van der Waals surface area (Å²) >= 11 is 0. The number of aromatic nitrogens is 3. The summed E-state index contributed by atoms with van der Waals surface area (Å²) in [5.74, 6) is 0.878. The topological polar surface area (TPSA) is 30.7 Å². The molecule has 0 radical (unpaired) electrons. The molecule has 3 nitrogen and oxygen atoms in total. The van der Waals surface area contributed by atoms with Crippen molar-refractivity contribution in [3.05, 3.63) is 139 Å². The lowest BCUT2D eigenvalue weighted by Crippen LogP contribution is -2.14. The van der Waals surface area contributed by atoms with Gasteiger partial charge in [-0.3, -0.25) is 4.57 Å². The average Bonchev–Trinajstić information content (AvgIpc) is 3.48. The van der Waals surface area contributed by atoms with Crippen LogP contribution in [0.15, 0.2) is 127 Å². The summed E-state index contributed by atoms with van der Waals surface area (Å²) in [6, 6.07) is 46.2. The van der Waals surface area contributed by atoms with E-state index in [0.717, 1.165) is 33.6 Å². The van der Waals surface area contributed by atoms with Crippen molar-refractivity contribution in [1.82, 2.24) is 14.5 Å². The molecule has 2 aromatic heterocycles. The van der Waals surface area contributed by atoms with Crippen LogP contribution < -0.4 is 0 Å². The molecule has 8 aromatic rings. The average molecular weight is 562 g/mol. The molecular formula is C41H27N3. The first-order valence-corrected chi connectivity index (χ1v) is 15.3. The highest BCUT2D eigenvalue weighted by Gasteiger charge is 2.35. The van der Waals surface area contributed by atoms with Gasteiger partial charge in [0.05, 0.1) is 22.1 Å². The molecule has 0 unspecified atom stereocenters. The highest BCUT2D eigenvalue weighted by Crippen LogP contribution is 2.51. The maximum absolute atomic E-state index is 5.31. The number of rotatable bonds is 1. The van der Waals surface area contributed by atoms with Crippen molar-refractivity contribution in [2.24, 2.45) is 0 Å². The Morgan fingerprint density at radius 1 is 0.523 bits per heavy atom. The van der Waals surface area contributed by atoms with E-state index in [1.54, 1.807) is 0 Å². The summed E-state index contributed by atoms with van der Waals surface area (Å²) < 4.78 is 2.37. The summed E-state index contributed by atoms with van der Waals surface area (Å²) in [5.41, 5.74) is 16.4. The Morgan fingerprint density at radius 3 is 2.05 bits per heavy atom. The van der Waals surface area contributed by atoms with Crippen molar-refractivity contribution in [2.45, 2.75) is 19.3 Å². The van der Waals surface area contributed by atoms with Gasteiger partial charge in [0, 0.05) is 27.3 Å². The molecule has 10 rings (SSSR count). The van der Waals surface area contributed by atoms with Crippen LogP contribution in [0.25, 0.3) is 83.3 Å². The molecule has 0 bridgehead atoms. The number of fused-ring (bicyclic) bond motifs is 12. The number of benzene rings is 6. The monoisotopic (exact) mass is 561 g/mol. The lowest BCUT2D eigenvalue weighted by molar-refractivity contribution is 0.660. The Balaban J connectivity index is 1.33. The molecule has 2 aliphatic rings. The number of para-hydroxylation sites is 3. The zero-order chi connectivity index (χ0) is 29.2. The van der Waals surface area contributed by atoms with E-state index in [4.69, 9.17) is 9.97 Å².